The molecule has 0 radical (unpaired) electrons. The summed E-state index contributed by atoms with van der Waals surface area (Å²) in [7, 11) is 0. The Labute approximate surface area is 92.9 Å². The maximum atomic E-state index is 8.87. The van der Waals surface area contributed by atoms with E-state index in [-0.39, 0.29) is 12.5 Å². The standard InChI is InChI=1S/C10H14N4O2/c1-7(2)10-12-9(13-16-10)4-14-3-8(5-15)11-6-14/h3,6-7,15H,4-5H2,1-2H3. The third-order valence-corrected chi connectivity index (χ3v) is 2.15. The monoisotopic (exact) mass is 222 g/mol. The van der Waals surface area contributed by atoms with Crippen molar-refractivity contribution in [2.45, 2.75) is 32.9 Å². The van der Waals surface area contributed by atoms with Crippen molar-refractivity contribution < 1.29 is 9.63 Å². The van der Waals surface area contributed by atoms with Gasteiger partial charge in [-0.2, -0.15) is 4.98 Å². The molecule has 0 aromatic carbocycles. The van der Waals surface area contributed by atoms with Crippen LogP contribution in [0.25, 0.3) is 0 Å². The third-order valence-electron chi connectivity index (χ3n) is 2.15. The molecule has 2 heterocycles. The molecule has 0 aliphatic carbocycles. The normalized spacial score (nSPS) is 11.2. The molecule has 86 valence electrons. The van der Waals surface area contributed by atoms with E-state index in [1.165, 1.54) is 0 Å². The molecule has 1 N–H and O–H groups in total. The number of hydrogen-bond donors (Lipinski definition) is 1. The summed E-state index contributed by atoms with van der Waals surface area (Å²) in [5, 5.41) is 12.7. The van der Waals surface area contributed by atoms with Crippen LogP contribution in [0.15, 0.2) is 17.0 Å². The van der Waals surface area contributed by atoms with E-state index < -0.39 is 0 Å². The summed E-state index contributed by atoms with van der Waals surface area (Å²) in [4.78, 5) is 8.25. The molecule has 0 spiro atoms. The van der Waals surface area contributed by atoms with Gasteiger partial charge < -0.3 is 14.2 Å². The molecule has 0 amide bonds. The first kappa shape index (κ1) is 10.8. The van der Waals surface area contributed by atoms with Gasteiger partial charge in [0.15, 0.2) is 5.82 Å². The van der Waals surface area contributed by atoms with Gasteiger partial charge in [-0.1, -0.05) is 19.0 Å². The molecule has 0 atom stereocenters. The highest BCUT2D eigenvalue weighted by Gasteiger charge is 2.10. The lowest BCUT2D eigenvalue weighted by atomic mass is 10.2. The smallest absolute Gasteiger partial charge is 0.229 e. The molecule has 0 aliphatic rings. The molecule has 0 bridgehead atoms. The van der Waals surface area contributed by atoms with Gasteiger partial charge >= 0.3 is 0 Å². The Bertz CT molecular complexity index is 461. The van der Waals surface area contributed by atoms with Crippen LogP contribution in [-0.2, 0) is 13.2 Å². The number of aromatic nitrogens is 4. The van der Waals surface area contributed by atoms with Crippen molar-refractivity contribution in [2.24, 2.45) is 0 Å². The average Bonchev–Trinajstić information content (AvgIpc) is 2.87. The Kier molecular flexibility index (Phi) is 3.00. The summed E-state index contributed by atoms with van der Waals surface area (Å²) in [5.41, 5.74) is 0.632. The molecule has 0 saturated carbocycles. The Morgan fingerprint density at radius 1 is 1.50 bits per heavy atom. The van der Waals surface area contributed by atoms with Crippen molar-refractivity contribution in [1.29, 1.82) is 0 Å². The van der Waals surface area contributed by atoms with Crippen LogP contribution in [0.3, 0.4) is 0 Å². The van der Waals surface area contributed by atoms with E-state index in [0.717, 1.165) is 0 Å². The van der Waals surface area contributed by atoms with Crippen molar-refractivity contribution in [3.63, 3.8) is 0 Å². The molecule has 2 rings (SSSR count). The van der Waals surface area contributed by atoms with Crippen molar-refractivity contribution in [3.05, 3.63) is 29.9 Å². The van der Waals surface area contributed by atoms with Gasteiger partial charge in [-0.15, -0.1) is 0 Å². The minimum Gasteiger partial charge on any atom is -0.390 e. The van der Waals surface area contributed by atoms with Crippen LogP contribution in [0.4, 0.5) is 0 Å². The van der Waals surface area contributed by atoms with Crippen LogP contribution in [0.1, 0.15) is 37.2 Å². The van der Waals surface area contributed by atoms with Crippen molar-refractivity contribution in [2.75, 3.05) is 0 Å². The summed E-state index contributed by atoms with van der Waals surface area (Å²) >= 11 is 0. The highest BCUT2D eigenvalue weighted by atomic mass is 16.5. The number of imidazole rings is 1. The highest BCUT2D eigenvalue weighted by molar-refractivity contribution is 4.98. The fourth-order valence-corrected chi connectivity index (χ4v) is 1.30. The first-order valence-electron chi connectivity index (χ1n) is 5.13. The fraction of sp³-hybridized carbons (Fsp3) is 0.500. The Balaban J connectivity index is 2.08. The van der Waals surface area contributed by atoms with Crippen molar-refractivity contribution in [3.8, 4) is 0 Å². The molecule has 6 nitrogen and oxygen atoms in total. The maximum Gasteiger partial charge on any atom is 0.229 e. The molecule has 6 heteroatoms. The zero-order chi connectivity index (χ0) is 11.5. The second-order valence-corrected chi connectivity index (χ2v) is 3.90. The molecule has 0 saturated heterocycles. The minimum absolute atomic E-state index is 0.0590. The molecular weight excluding hydrogens is 208 g/mol. The van der Waals surface area contributed by atoms with Crippen LogP contribution in [0.5, 0.6) is 0 Å². The van der Waals surface area contributed by atoms with Gasteiger partial charge in [0.25, 0.3) is 0 Å². The number of rotatable bonds is 4. The summed E-state index contributed by atoms with van der Waals surface area (Å²) in [6, 6.07) is 0. The van der Waals surface area contributed by atoms with E-state index >= 15 is 0 Å². The van der Waals surface area contributed by atoms with Crippen molar-refractivity contribution in [1.82, 2.24) is 19.7 Å². The van der Waals surface area contributed by atoms with Gasteiger partial charge in [0.1, 0.15) is 0 Å². The Morgan fingerprint density at radius 2 is 2.31 bits per heavy atom. The Hall–Kier alpha value is -1.69. The Morgan fingerprint density at radius 3 is 2.88 bits per heavy atom. The second-order valence-electron chi connectivity index (χ2n) is 3.90. The predicted octanol–water partition coefficient (Wildman–Crippen LogP) is 0.930. The SMILES string of the molecule is CC(C)c1nc(Cn2cnc(CO)c2)no1. The lowest BCUT2D eigenvalue weighted by Crippen LogP contribution is -1.99. The second kappa shape index (κ2) is 4.44. The van der Waals surface area contributed by atoms with Gasteiger partial charge in [-0.3, -0.25) is 0 Å². The molecule has 2 aromatic rings. The molecule has 16 heavy (non-hydrogen) atoms. The van der Waals surface area contributed by atoms with Crippen molar-refractivity contribution >= 4 is 0 Å². The molecule has 0 fully saturated rings. The zero-order valence-electron chi connectivity index (χ0n) is 9.29. The van der Waals surface area contributed by atoms with E-state index in [1.807, 2.05) is 13.8 Å². The van der Waals surface area contributed by atoms with E-state index in [4.69, 9.17) is 9.63 Å². The number of aliphatic hydroxyl groups excluding tert-OH is 1. The van der Waals surface area contributed by atoms with Crippen LogP contribution in [0.2, 0.25) is 0 Å². The molecular formula is C10H14N4O2. The number of nitrogens with zero attached hydrogens (tertiary/aromatic N) is 4. The van der Waals surface area contributed by atoms with E-state index in [2.05, 4.69) is 15.1 Å². The summed E-state index contributed by atoms with van der Waals surface area (Å²) < 4.78 is 6.89. The van der Waals surface area contributed by atoms with Crippen LogP contribution in [-0.4, -0.2) is 24.8 Å². The van der Waals surface area contributed by atoms with E-state index in [1.54, 1.807) is 17.1 Å². The summed E-state index contributed by atoms with van der Waals surface area (Å²) in [5.74, 6) is 1.49. The van der Waals surface area contributed by atoms with Gasteiger partial charge in [-0.25, -0.2) is 4.98 Å². The topological polar surface area (TPSA) is 77.0 Å². The summed E-state index contributed by atoms with van der Waals surface area (Å²) in [6.07, 6.45) is 3.39. The molecule has 0 unspecified atom stereocenters. The molecule has 2 aromatic heterocycles. The predicted molar refractivity (Wildman–Crippen MR) is 55.6 cm³/mol. The summed E-state index contributed by atoms with van der Waals surface area (Å²) in [6.45, 7) is 4.44. The maximum absolute atomic E-state index is 8.87. The average molecular weight is 222 g/mol. The lowest BCUT2D eigenvalue weighted by molar-refractivity contribution is 0.277. The van der Waals surface area contributed by atoms with Crippen LogP contribution < -0.4 is 0 Å². The number of aliphatic hydroxyl groups is 1. The molecule has 0 aliphatic heterocycles. The zero-order valence-corrected chi connectivity index (χ0v) is 9.29. The quantitative estimate of drug-likeness (QED) is 0.832. The van der Waals surface area contributed by atoms with Crippen LogP contribution >= 0.6 is 0 Å². The van der Waals surface area contributed by atoms with Gasteiger partial charge in [-0.05, 0) is 0 Å². The minimum atomic E-state index is -0.0590. The van der Waals surface area contributed by atoms with E-state index in [0.29, 0.717) is 24.0 Å². The third kappa shape index (κ3) is 2.27. The van der Waals surface area contributed by atoms with E-state index in [9.17, 15) is 0 Å². The van der Waals surface area contributed by atoms with Crippen LogP contribution in [0, 0.1) is 0 Å². The fourth-order valence-electron chi connectivity index (χ4n) is 1.30. The first-order valence-corrected chi connectivity index (χ1v) is 5.13. The number of hydrogen-bond acceptors (Lipinski definition) is 5. The highest BCUT2D eigenvalue weighted by Crippen LogP contribution is 2.11. The first-order chi connectivity index (χ1) is 7.69. The lowest BCUT2D eigenvalue weighted by Gasteiger charge is -1.95. The van der Waals surface area contributed by atoms with Gasteiger partial charge in [0.2, 0.25) is 5.89 Å². The largest absolute Gasteiger partial charge is 0.390 e. The van der Waals surface area contributed by atoms with Gasteiger partial charge in [0.05, 0.1) is 25.2 Å². The van der Waals surface area contributed by atoms with Gasteiger partial charge in [0, 0.05) is 12.1 Å².